The maximum atomic E-state index is 11.7. The Morgan fingerprint density at radius 3 is 2.45 bits per heavy atom. The Hall–Kier alpha value is -2.29. The van der Waals surface area contributed by atoms with Crippen LogP contribution in [-0.2, 0) is 9.53 Å². The summed E-state index contributed by atoms with van der Waals surface area (Å²) in [4.78, 5) is 11.7. The molecule has 20 heavy (non-hydrogen) atoms. The summed E-state index contributed by atoms with van der Waals surface area (Å²) in [5, 5.41) is 2.10. The number of carbonyl (C=O) groups excluding carboxylic acids is 1. The van der Waals surface area contributed by atoms with Gasteiger partial charge >= 0.3 is 5.97 Å². The Morgan fingerprint density at radius 1 is 1.05 bits per heavy atom. The van der Waals surface area contributed by atoms with E-state index in [1.807, 2.05) is 43.3 Å². The normalized spacial score (nSPS) is 10.3. The molecule has 0 aromatic heterocycles. The van der Waals surface area contributed by atoms with Crippen molar-refractivity contribution in [3.05, 3.63) is 48.5 Å². The molecule has 0 amide bonds. The Kier molecular flexibility index (Phi) is 4.41. The Labute approximate surface area is 118 Å². The lowest BCUT2D eigenvalue weighted by Gasteiger charge is -2.08. The first-order valence-electron chi connectivity index (χ1n) is 6.68. The van der Waals surface area contributed by atoms with E-state index >= 15 is 0 Å². The molecule has 0 N–H and O–H groups in total. The van der Waals surface area contributed by atoms with Gasteiger partial charge in [0.1, 0.15) is 5.75 Å². The largest absolute Gasteiger partial charge is 0.494 e. The molecule has 0 heterocycles. The van der Waals surface area contributed by atoms with E-state index in [0.717, 1.165) is 22.1 Å². The molecule has 3 nitrogen and oxygen atoms in total. The summed E-state index contributed by atoms with van der Waals surface area (Å²) in [6.07, 6.45) is 0. The third kappa shape index (κ3) is 2.99. The highest BCUT2D eigenvalue weighted by Gasteiger charge is 2.10. The van der Waals surface area contributed by atoms with Crippen LogP contribution in [0.4, 0.5) is 0 Å². The van der Waals surface area contributed by atoms with Crippen LogP contribution < -0.4 is 4.74 Å². The highest BCUT2D eigenvalue weighted by atomic mass is 16.5. The van der Waals surface area contributed by atoms with E-state index in [4.69, 9.17) is 9.47 Å². The molecule has 0 fully saturated rings. The second kappa shape index (κ2) is 6.24. The molecule has 2 aromatic rings. The minimum atomic E-state index is -0.377. The van der Waals surface area contributed by atoms with Gasteiger partial charge in [0.25, 0.3) is 0 Å². The lowest BCUT2D eigenvalue weighted by molar-refractivity contribution is -0.136. The van der Waals surface area contributed by atoms with E-state index in [1.165, 1.54) is 0 Å². The van der Waals surface area contributed by atoms with Gasteiger partial charge in [-0.2, -0.15) is 0 Å². The first-order chi connectivity index (χ1) is 9.65. The lowest BCUT2D eigenvalue weighted by Crippen LogP contribution is -2.05. The molecule has 0 saturated carbocycles. The first-order valence-corrected chi connectivity index (χ1v) is 6.68. The average molecular weight is 270 g/mol. The summed E-state index contributed by atoms with van der Waals surface area (Å²) >= 11 is 0. The fourth-order valence-electron chi connectivity index (χ4n) is 2.00. The Morgan fingerprint density at radius 2 is 1.75 bits per heavy atom. The zero-order valence-electron chi connectivity index (χ0n) is 11.8. The maximum Gasteiger partial charge on any atom is 0.338 e. The molecule has 0 spiro atoms. The van der Waals surface area contributed by atoms with Crippen molar-refractivity contribution >= 4 is 22.3 Å². The van der Waals surface area contributed by atoms with Gasteiger partial charge in [-0.1, -0.05) is 24.8 Å². The second-order valence-corrected chi connectivity index (χ2v) is 4.36. The van der Waals surface area contributed by atoms with Crippen LogP contribution in [0.15, 0.2) is 43.0 Å². The predicted molar refractivity (Wildman–Crippen MR) is 80.8 cm³/mol. The van der Waals surface area contributed by atoms with Gasteiger partial charge in [-0.15, -0.1) is 0 Å². The highest BCUT2D eigenvalue weighted by molar-refractivity contribution is 6.16. The van der Waals surface area contributed by atoms with Crippen LogP contribution in [-0.4, -0.2) is 19.2 Å². The summed E-state index contributed by atoms with van der Waals surface area (Å²) in [5.74, 6) is 0.467. The minimum Gasteiger partial charge on any atom is -0.494 e. The quantitative estimate of drug-likeness (QED) is 0.612. The molecule has 0 aliphatic rings. The summed E-state index contributed by atoms with van der Waals surface area (Å²) in [7, 11) is 0. The van der Waals surface area contributed by atoms with Gasteiger partial charge in [-0.3, -0.25) is 0 Å². The van der Waals surface area contributed by atoms with E-state index in [0.29, 0.717) is 18.8 Å². The minimum absolute atomic E-state index is 0.350. The topological polar surface area (TPSA) is 35.5 Å². The number of fused-ring (bicyclic) bond motifs is 1. The number of carbonyl (C=O) groups is 1. The van der Waals surface area contributed by atoms with Crippen LogP contribution in [0.25, 0.3) is 16.3 Å². The number of hydrogen-bond acceptors (Lipinski definition) is 3. The summed E-state index contributed by atoms with van der Waals surface area (Å²) < 4.78 is 10.4. The lowest BCUT2D eigenvalue weighted by atomic mass is 10.0. The number of esters is 1. The fourth-order valence-corrected chi connectivity index (χ4v) is 2.00. The molecule has 104 valence electrons. The van der Waals surface area contributed by atoms with Crippen molar-refractivity contribution in [1.29, 1.82) is 0 Å². The Bertz CT molecular complexity index is 644. The third-order valence-corrected chi connectivity index (χ3v) is 2.99. The van der Waals surface area contributed by atoms with Crippen LogP contribution in [0.2, 0.25) is 0 Å². The molecule has 0 radical (unpaired) electrons. The maximum absolute atomic E-state index is 11.7. The van der Waals surface area contributed by atoms with Crippen molar-refractivity contribution in [3.8, 4) is 5.75 Å². The van der Waals surface area contributed by atoms with Crippen molar-refractivity contribution in [3.63, 3.8) is 0 Å². The molecule has 0 atom stereocenters. The zero-order valence-corrected chi connectivity index (χ0v) is 11.8. The van der Waals surface area contributed by atoms with Crippen molar-refractivity contribution in [2.45, 2.75) is 13.8 Å². The molecule has 0 bridgehead atoms. The van der Waals surface area contributed by atoms with Crippen LogP contribution in [0.3, 0.4) is 0 Å². The van der Waals surface area contributed by atoms with Gasteiger partial charge in [0, 0.05) is 0 Å². The first kappa shape index (κ1) is 14.1. The fraction of sp³-hybridized carbons (Fsp3) is 0.235. The van der Waals surface area contributed by atoms with Crippen LogP contribution >= 0.6 is 0 Å². The molecular weight excluding hydrogens is 252 g/mol. The second-order valence-electron chi connectivity index (χ2n) is 4.36. The molecule has 0 aliphatic heterocycles. The van der Waals surface area contributed by atoms with Gasteiger partial charge in [-0.25, -0.2) is 4.79 Å². The number of ether oxygens (including phenoxy) is 2. The van der Waals surface area contributed by atoms with Crippen molar-refractivity contribution in [2.24, 2.45) is 0 Å². The monoisotopic (exact) mass is 270 g/mol. The molecule has 2 rings (SSSR count). The van der Waals surface area contributed by atoms with E-state index < -0.39 is 0 Å². The number of hydrogen-bond donors (Lipinski definition) is 0. The van der Waals surface area contributed by atoms with Gasteiger partial charge in [-0.05, 0) is 48.4 Å². The number of benzene rings is 2. The van der Waals surface area contributed by atoms with E-state index in [-0.39, 0.29) is 5.97 Å². The molecule has 0 unspecified atom stereocenters. The predicted octanol–water partition coefficient (Wildman–Crippen LogP) is 3.81. The number of rotatable bonds is 5. The van der Waals surface area contributed by atoms with Crippen molar-refractivity contribution in [1.82, 2.24) is 0 Å². The van der Waals surface area contributed by atoms with Crippen LogP contribution in [0.1, 0.15) is 19.4 Å². The van der Waals surface area contributed by atoms with E-state index in [1.54, 1.807) is 6.92 Å². The zero-order chi connectivity index (χ0) is 14.5. The van der Waals surface area contributed by atoms with Gasteiger partial charge in [0.2, 0.25) is 0 Å². The third-order valence-electron chi connectivity index (χ3n) is 2.99. The standard InChI is InChI=1S/C17H18O3/c1-4-19-16-9-8-14-10-13(6-7-15(14)11-16)12(3)17(18)20-5-2/h6-11H,3-5H2,1-2H3. The SMILES string of the molecule is C=C(C(=O)OCC)c1ccc2cc(OCC)ccc2c1. The summed E-state index contributed by atoms with van der Waals surface area (Å²) in [5.41, 5.74) is 1.16. The van der Waals surface area contributed by atoms with E-state index in [9.17, 15) is 4.79 Å². The smallest absolute Gasteiger partial charge is 0.338 e. The molecule has 0 saturated heterocycles. The average Bonchev–Trinajstić information content (AvgIpc) is 2.46. The summed E-state index contributed by atoms with van der Waals surface area (Å²) in [6, 6.07) is 11.6. The van der Waals surface area contributed by atoms with Crippen molar-refractivity contribution in [2.75, 3.05) is 13.2 Å². The molecule has 0 aliphatic carbocycles. The highest BCUT2D eigenvalue weighted by Crippen LogP contribution is 2.25. The molecular formula is C17H18O3. The molecule has 3 heteroatoms. The summed E-state index contributed by atoms with van der Waals surface area (Å²) in [6.45, 7) is 8.52. The Balaban J connectivity index is 2.32. The van der Waals surface area contributed by atoms with Gasteiger partial charge < -0.3 is 9.47 Å². The van der Waals surface area contributed by atoms with Crippen LogP contribution in [0.5, 0.6) is 5.75 Å². The van der Waals surface area contributed by atoms with Gasteiger partial charge in [0.15, 0.2) is 0 Å². The molecule has 2 aromatic carbocycles. The van der Waals surface area contributed by atoms with Crippen molar-refractivity contribution < 1.29 is 14.3 Å². The van der Waals surface area contributed by atoms with E-state index in [2.05, 4.69) is 6.58 Å². The van der Waals surface area contributed by atoms with Gasteiger partial charge in [0.05, 0.1) is 18.8 Å². The van der Waals surface area contributed by atoms with Crippen LogP contribution in [0, 0.1) is 0 Å².